The lowest BCUT2D eigenvalue weighted by Crippen LogP contribution is -2.49. The molecule has 4 nitrogen and oxygen atoms in total. The van der Waals surface area contributed by atoms with Crippen molar-refractivity contribution < 1.29 is 9.59 Å². The van der Waals surface area contributed by atoms with Gasteiger partial charge in [0.25, 0.3) is 0 Å². The Morgan fingerprint density at radius 2 is 2.14 bits per heavy atom. The van der Waals surface area contributed by atoms with Crippen LogP contribution < -0.4 is 10.6 Å². The fourth-order valence-corrected chi connectivity index (χ4v) is 1.85. The molecule has 1 saturated heterocycles. The molecule has 1 heterocycles. The summed E-state index contributed by atoms with van der Waals surface area (Å²) in [4.78, 5) is 22.4. The Bertz CT molecular complexity index is 239. The van der Waals surface area contributed by atoms with Gasteiger partial charge in [0, 0.05) is 24.9 Å². The molecule has 0 radical (unpaired) electrons. The first-order valence-corrected chi connectivity index (χ1v) is 5.33. The van der Waals surface area contributed by atoms with Crippen LogP contribution in [0, 0.1) is 5.92 Å². The second-order valence-electron chi connectivity index (χ2n) is 4.18. The van der Waals surface area contributed by atoms with Gasteiger partial charge in [0.05, 0.1) is 0 Å². The first kappa shape index (κ1) is 9.49. The summed E-state index contributed by atoms with van der Waals surface area (Å²) >= 11 is 0. The summed E-state index contributed by atoms with van der Waals surface area (Å²) < 4.78 is 0. The number of rotatable bonds is 2. The minimum Gasteiger partial charge on any atom is -0.354 e. The third-order valence-corrected chi connectivity index (χ3v) is 3.09. The molecule has 1 atom stereocenters. The van der Waals surface area contributed by atoms with Crippen LogP contribution in [0.5, 0.6) is 0 Å². The average Bonchev–Trinajstić information content (AvgIpc) is 2.06. The molecule has 2 amide bonds. The summed E-state index contributed by atoms with van der Waals surface area (Å²) in [7, 11) is 0. The van der Waals surface area contributed by atoms with E-state index in [0.29, 0.717) is 13.0 Å². The maximum absolute atomic E-state index is 11.6. The highest BCUT2D eigenvalue weighted by atomic mass is 16.2. The van der Waals surface area contributed by atoms with Gasteiger partial charge in [-0.2, -0.15) is 0 Å². The van der Waals surface area contributed by atoms with Gasteiger partial charge in [-0.05, 0) is 19.3 Å². The van der Waals surface area contributed by atoms with Crippen molar-refractivity contribution in [2.24, 2.45) is 5.92 Å². The van der Waals surface area contributed by atoms with Gasteiger partial charge in [0.1, 0.15) is 0 Å². The quantitative estimate of drug-likeness (QED) is 0.662. The monoisotopic (exact) mass is 196 g/mol. The van der Waals surface area contributed by atoms with Gasteiger partial charge in [0.15, 0.2) is 0 Å². The summed E-state index contributed by atoms with van der Waals surface area (Å²) in [6, 6.07) is 0.154. The maximum Gasteiger partial charge on any atom is 0.223 e. The molecule has 2 rings (SSSR count). The number of carbonyl (C=O) groups excluding carboxylic acids is 2. The van der Waals surface area contributed by atoms with Crippen molar-refractivity contribution in [1.82, 2.24) is 10.6 Å². The number of hydrogen-bond acceptors (Lipinski definition) is 2. The summed E-state index contributed by atoms with van der Waals surface area (Å²) in [6.45, 7) is 0.595. The van der Waals surface area contributed by atoms with E-state index in [2.05, 4.69) is 10.6 Å². The molecular formula is C10H16N2O2. The first-order chi connectivity index (χ1) is 6.75. The smallest absolute Gasteiger partial charge is 0.223 e. The van der Waals surface area contributed by atoms with Gasteiger partial charge in [0.2, 0.25) is 11.8 Å². The van der Waals surface area contributed by atoms with Gasteiger partial charge in [-0.1, -0.05) is 6.42 Å². The van der Waals surface area contributed by atoms with E-state index in [1.165, 1.54) is 6.42 Å². The molecule has 2 fully saturated rings. The third kappa shape index (κ3) is 2.05. The van der Waals surface area contributed by atoms with Crippen molar-refractivity contribution in [1.29, 1.82) is 0 Å². The van der Waals surface area contributed by atoms with Crippen LogP contribution in [0.2, 0.25) is 0 Å². The molecule has 14 heavy (non-hydrogen) atoms. The SMILES string of the molecule is O=C1CCC(NC(=O)C2CCC2)CN1. The Morgan fingerprint density at radius 1 is 1.36 bits per heavy atom. The normalized spacial score (nSPS) is 27.7. The average molecular weight is 196 g/mol. The molecule has 0 aromatic carbocycles. The molecular weight excluding hydrogens is 180 g/mol. The number of carbonyl (C=O) groups is 2. The third-order valence-electron chi connectivity index (χ3n) is 3.09. The van der Waals surface area contributed by atoms with Crippen molar-refractivity contribution in [3.05, 3.63) is 0 Å². The minimum atomic E-state index is 0.0964. The largest absolute Gasteiger partial charge is 0.354 e. The van der Waals surface area contributed by atoms with Crippen LogP contribution in [0.4, 0.5) is 0 Å². The van der Waals surface area contributed by atoms with E-state index in [1.54, 1.807) is 0 Å². The molecule has 1 unspecified atom stereocenters. The highest BCUT2D eigenvalue weighted by Gasteiger charge is 2.28. The van der Waals surface area contributed by atoms with Gasteiger partial charge in [-0.25, -0.2) is 0 Å². The van der Waals surface area contributed by atoms with Crippen LogP contribution >= 0.6 is 0 Å². The lowest BCUT2D eigenvalue weighted by molar-refractivity contribution is -0.129. The first-order valence-electron chi connectivity index (χ1n) is 5.33. The predicted molar refractivity (Wildman–Crippen MR) is 51.5 cm³/mol. The van der Waals surface area contributed by atoms with Crippen LogP contribution in [0.15, 0.2) is 0 Å². The zero-order valence-corrected chi connectivity index (χ0v) is 8.21. The van der Waals surface area contributed by atoms with Crippen molar-refractivity contribution in [2.75, 3.05) is 6.54 Å². The summed E-state index contributed by atoms with van der Waals surface area (Å²) in [5.41, 5.74) is 0. The second kappa shape index (κ2) is 3.98. The highest BCUT2D eigenvalue weighted by molar-refractivity contribution is 5.80. The molecule has 1 saturated carbocycles. The molecule has 2 N–H and O–H groups in total. The molecule has 0 aromatic rings. The van der Waals surface area contributed by atoms with E-state index in [-0.39, 0.29) is 23.8 Å². The molecule has 2 aliphatic rings. The Balaban J connectivity index is 1.74. The predicted octanol–water partition coefficient (Wildman–Crippen LogP) is 0.181. The van der Waals surface area contributed by atoms with E-state index >= 15 is 0 Å². The Labute approximate surface area is 83.4 Å². The summed E-state index contributed by atoms with van der Waals surface area (Å²) in [5.74, 6) is 0.518. The van der Waals surface area contributed by atoms with E-state index in [0.717, 1.165) is 19.3 Å². The highest BCUT2D eigenvalue weighted by Crippen LogP contribution is 2.26. The van der Waals surface area contributed by atoms with E-state index in [1.807, 2.05) is 0 Å². The molecule has 4 heteroatoms. The van der Waals surface area contributed by atoms with Crippen molar-refractivity contribution in [3.8, 4) is 0 Å². The van der Waals surface area contributed by atoms with Crippen molar-refractivity contribution in [2.45, 2.75) is 38.1 Å². The number of amides is 2. The molecule has 0 bridgehead atoms. The fourth-order valence-electron chi connectivity index (χ4n) is 1.85. The molecule has 0 spiro atoms. The Kier molecular flexibility index (Phi) is 2.70. The van der Waals surface area contributed by atoms with E-state index in [9.17, 15) is 9.59 Å². The molecule has 0 aromatic heterocycles. The summed E-state index contributed by atoms with van der Waals surface area (Å²) in [5, 5.41) is 5.75. The standard InChI is InChI=1S/C10H16N2O2/c13-9-5-4-8(6-11-9)12-10(14)7-2-1-3-7/h7-8H,1-6H2,(H,11,13)(H,12,14). The minimum absolute atomic E-state index is 0.0964. The van der Waals surface area contributed by atoms with Gasteiger partial charge in [-0.3, -0.25) is 9.59 Å². The van der Waals surface area contributed by atoms with E-state index in [4.69, 9.17) is 0 Å². The van der Waals surface area contributed by atoms with Crippen molar-refractivity contribution in [3.63, 3.8) is 0 Å². The van der Waals surface area contributed by atoms with Crippen LogP contribution in [0.1, 0.15) is 32.1 Å². The van der Waals surface area contributed by atoms with Gasteiger partial charge < -0.3 is 10.6 Å². The van der Waals surface area contributed by atoms with Crippen molar-refractivity contribution >= 4 is 11.8 Å². The number of hydrogen-bond donors (Lipinski definition) is 2. The Morgan fingerprint density at radius 3 is 2.64 bits per heavy atom. The fraction of sp³-hybridized carbons (Fsp3) is 0.800. The molecule has 1 aliphatic heterocycles. The number of nitrogens with one attached hydrogen (secondary N) is 2. The van der Waals surface area contributed by atoms with Gasteiger partial charge in [-0.15, -0.1) is 0 Å². The summed E-state index contributed by atoms with van der Waals surface area (Å²) in [6.07, 6.45) is 4.56. The van der Waals surface area contributed by atoms with Crippen LogP contribution in [0.25, 0.3) is 0 Å². The van der Waals surface area contributed by atoms with Gasteiger partial charge >= 0.3 is 0 Å². The molecule has 78 valence electrons. The zero-order valence-electron chi connectivity index (χ0n) is 8.21. The second-order valence-corrected chi connectivity index (χ2v) is 4.18. The van der Waals surface area contributed by atoms with Crippen LogP contribution in [-0.4, -0.2) is 24.4 Å². The lowest BCUT2D eigenvalue weighted by atomic mass is 9.84. The lowest BCUT2D eigenvalue weighted by Gasteiger charge is -2.29. The maximum atomic E-state index is 11.6. The zero-order chi connectivity index (χ0) is 9.97. The Hall–Kier alpha value is -1.06. The van der Waals surface area contributed by atoms with Crippen LogP contribution in [0.3, 0.4) is 0 Å². The van der Waals surface area contributed by atoms with E-state index < -0.39 is 0 Å². The number of piperidine rings is 1. The topological polar surface area (TPSA) is 58.2 Å². The molecule has 1 aliphatic carbocycles. The van der Waals surface area contributed by atoms with Crippen LogP contribution in [-0.2, 0) is 9.59 Å².